The molecule has 2 aliphatic heterocycles. The Morgan fingerprint density at radius 1 is 0.821 bits per heavy atom. The van der Waals surface area contributed by atoms with E-state index in [0.29, 0.717) is 39.9 Å². The van der Waals surface area contributed by atoms with E-state index in [1.54, 1.807) is 48.5 Å². The lowest BCUT2D eigenvalue weighted by molar-refractivity contribution is -0.129. The van der Waals surface area contributed by atoms with Gasteiger partial charge < -0.3 is 37.9 Å². The molecule has 11 heteroatoms. The second-order valence-corrected chi connectivity index (χ2v) is 8.12. The molecular weight excluding hydrogens is 510 g/mol. The average Bonchev–Trinajstić information content (AvgIpc) is 3.58. The first kappa shape index (κ1) is 25.5. The molecule has 2 heterocycles. The van der Waals surface area contributed by atoms with Gasteiger partial charge in [0, 0.05) is 5.56 Å². The minimum atomic E-state index is -0.643. The number of benzene rings is 3. The van der Waals surface area contributed by atoms with Crippen LogP contribution in [0.2, 0.25) is 0 Å². The van der Waals surface area contributed by atoms with E-state index in [2.05, 4.69) is 4.99 Å². The van der Waals surface area contributed by atoms with Crippen LogP contribution in [0.4, 0.5) is 0 Å². The fourth-order valence-corrected chi connectivity index (χ4v) is 3.94. The van der Waals surface area contributed by atoms with Crippen molar-refractivity contribution in [2.45, 2.75) is 0 Å². The number of rotatable bonds is 8. The number of carbonyl (C=O) groups excluding carboxylic acids is 2. The van der Waals surface area contributed by atoms with Gasteiger partial charge >= 0.3 is 11.9 Å². The molecule has 0 bridgehead atoms. The lowest BCUT2D eigenvalue weighted by Crippen LogP contribution is -2.09. The molecule has 0 N–H and O–H groups in total. The fourth-order valence-electron chi connectivity index (χ4n) is 3.94. The largest absolute Gasteiger partial charge is 0.493 e. The third kappa shape index (κ3) is 5.01. The summed E-state index contributed by atoms with van der Waals surface area (Å²) >= 11 is 0. The zero-order valence-corrected chi connectivity index (χ0v) is 21.4. The van der Waals surface area contributed by atoms with Crippen molar-refractivity contribution in [1.82, 2.24) is 0 Å². The number of hydrogen-bond donors (Lipinski definition) is 0. The van der Waals surface area contributed by atoms with Gasteiger partial charge in [-0.15, -0.1) is 0 Å². The van der Waals surface area contributed by atoms with Crippen LogP contribution in [0.1, 0.15) is 21.5 Å². The smallest absolute Gasteiger partial charge is 0.363 e. The van der Waals surface area contributed by atoms with Gasteiger partial charge in [-0.2, -0.15) is 0 Å². The Kier molecular flexibility index (Phi) is 6.96. The minimum absolute atomic E-state index is 0.0610. The molecule has 0 radical (unpaired) electrons. The van der Waals surface area contributed by atoms with Crippen LogP contribution in [0, 0.1) is 0 Å². The first-order valence-corrected chi connectivity index (χ1v) is 11.6. The Bertz CT molecular complexity index is 1500. The SMILES string of the molecule is COc1cc(/C=C2\N=C(c3cc(OC)c(OC)c(OC)c3)OC2=O)ccc1OC(=O)c1ccc2c(c1)OCO2. The van der Waals surface area contributed by atoms with Crippen LogP contribution in [-0.4, -0.2) is 53.1 Å². The van der Waals surface area contributed by atoms with Gasteiger partial charge in [-0.3, -0.25) is 0 Å². The highest BCUT2D eigenvalue weighted by atomic mass is 16.7. The number of cyclic esters (lactones) is 1. The van der Waals surface area contributed by atoms with Crippen molar-refractivity contribution in [1.29, 1.82) is 0 Å². The lowest BCUT2D eigenvalue weighted by atomic mass is 10.1. The molecule has 0 saturated carbocycles. The molecular formula is C28H23NO10. The predicted octanol–water partition coefficient (Wildman–Crippen LogP) is 4.01. The topological polar surface area (TPSA) is 120 Å². The summed E-state index contributed by atoms with van der Waals surface area (Å²) < 4.78 is 43.0. The van der Waals surface area contributed by atoms with E-state index >= 15 is 0 Å². The Hall–Kier alpha value is -5.19. The maximum absolute atomic E-state index is 12.7. The Morgan fingerprint density at radius 3 is 2.23 bits per heavy atom. The Balaban J connectivity index is 1.39. The van der Waals surface area contributed by atoms with Crippen molar-refractivity contribution in [3.63, 3.8) is 0 Å². The number of hydrogen-bond acceptors (Lipinski definition) is 11. The van der Waals surface area contributed by atoms with E-state index in [9.17, 15) is 9.59 Å². The van der Waals surface area contributed by atoms with Gasteiger partial charge in [-0.05, 0) is 54.1 Å². The van der Waals surface area contributed by atoms with Crippen LogP contribution in [0.15, 0.2) is 59.2 Å². The van der Waals surface area contributed by atoms with E-state index in [1.807, 2.05) is 0 Å². The first-order valence-electron chi connectivity index (χ1n) is 11.6. The second-order valence-electron chi connectivity index (χ2n) is 8.12. The molecule has 0 atom stereocenters. The number of esters is 2. The van der Waals surface area contributed by atoms with Crippen molar-refractivity contribution in [3.05, 3.63) is 70.9 Å². The highest BCUT2D eigenvalue weighted by Crippen LogP contribution is 2.39. The summed E-state index contributed by atoms with van der Waals surface area (Å²) in [6, 6.07) is 12.8. The molecule has 3 aromatic rings. The number of carbonyl (C=O) groups is 2. The van der Waals surface area contributed by atoms with Crippen molar-refractivity contribution in [3.8, 4) is 40.2 Å². The van der Waals surface area contributed by atoms with Gasteiger partial charge in [-0.25, -0.2) is 14.6 Å². The molecule has 5 rings (SSSR count). The highest BCUT2D eigenvalue weighted by molar-refractivity contribution is 6.13. The quantitative estimate of drug-likeness (QED) is 0.239. The van der Waals surface area contributed by atoms with Crippen LogP contribution < -0.4 is 33.2 Å². The van der Waals surface area contributed by atoms with Crippen molar-refractivity contribution in [2.75, 3.05) is 35.2 Å². The lowest BCUT2D eigenvalue weighted by Gasteiger charge is -2.13. The molecule has 11 nitrogen and oxygen atoms in total. The summed E-state index contributed by atoms with van der Waals surface area (Å²) in [7, 11) is 5.90. The molecule has 0 aliphatic carbocycles. The summed E-state index contributed by atoms with van der Waals surface area (Å²) in [4.78, 5) is 29.6. The van der Waals surface area contributed by atoms with E-state index in [0.717, 1.165) is 0 Å². The summed E-state index contributed by atoms with van der Waals surface area (Å²) in [5.41, 5.74) is 1.38. The molecule has 0 aromatic heterocycles. The fraction of sp³-hybridized carbons (Fsp3) is 0.179. The van der Waals surface area contributed by atoms with Gasteiger partial charge in [0.2, 0.25) is 18.4 Å². The van der Waals surface area contributed by atoms with Crippen LogP contribution in [0.5, 0.6) is 40.2 Å². The van der Waals surface area contributed by atoms with E-state index in [4.69, 9.17) is 37.9 Å². The number of fused-ring (bicyclic) bond motifs is 1. The molecule has 0 unspecified atom stereocenters. The number of aliphatic imine (C=N–C) groups is 1. The van der Waals surface area contributed by atoms with Gasteiger partial charge in [0.1, 0.15) is 0 Å². The second kappa shape index (κ2) is 10.7. The summed E-state index contributed by atoms with van der Waals surface area (Å²) in [6.07, 6.45) is 1.53. The standard InChI is InChI=1S/C28H23NO10/c1-32-21-10-15(5-7-20(21)38-27(30)16-6-8-19-22(11-16)37-14-36-19)9-18-28(31)39-26(29-18)17-12-23(33-2)25(35-4)24(13-17)34-3/h5-13H,14H2,1-4H3/b18-9-. The van der Waals surface area contributed by atoms with Gasteiger partial charge in [0.05, 0.1) is 34.0 Å². The van der Waals surface area contributed by atoms with E-state index in [1.165, 1.54) is 34.5 Å². The first-order chi connectivity index (χ1) is 18.9. The van der Waals surface area contributed by atoms with E-state index < -0.39 is 11.9 Å². The molecule has 0 saturated heterocycles. The molecule has 0 amide bonds. The van der Waals surface area contributed by atoms with Gasteiger partial charge in [0.25, 0.3) is 0 Å². The Morgan fingerprint density at radius 2 is 1.54 bits per heavy atom. The third-order valence-electron chi connectivity index (χ3n) is 5.83. The van der Waals surface area contributed by atoms with E-state index in [-0.39, 0.29) is 35.5 Å². The van der Waals surface area contributed by atoms with Crippen molar-refractivity contribution < 1.29 is 47.5 Å². The third-order valence-corrected chi connectivity index (χ3v) is 5.83. The zero-order chi connectivity index (χ0) is 27.5. The van der Waals surface area contributed by atoms with Crippen molar-refractivity contribution >= 4 is 23.9 Å². The highest BCUT2D eigenvalue weighted by Gasteiger charge is 2.27. The number of methoxy groups -OCH3 is 4. The Labute approximate surface area is 223 Å². The average molecular weight is 533 g/mol. The molecule has 2 aliphatic rings. The zero-order valence-electron chi connectivity index (χ0n) is 21.4. The minimum Gasteiger partial charge on any atom is -0.493 e. The maximum atomic E-state index is 12.7. The number of nitrogens with zero attached hydrogens (tertiary/aromatic N) is 1. The molecule has 0 fully saturated rings. The monoisotopic (exact) mass is 533 g/mol. The van der Waals surface area contributed by atoms with Crippen molar-refractivity contribution in [2.24, 2.45) is 4.99 Å². The molecule has 200 valence electrons. The maximum Gasteiger partial charge on any atom is 0.363 e. The predicted molar refractivity (Wildman–Crippen MR) is 137 cm³/mol. The van der Waals surface area contributed by atoms with Crippen LogP contribution in [-0.2, 0) is 9.53 Å². The van der Waals surface area contributed by atoms with Crippen LogP contribution in [0.25, 0.3) is 6.08 Å². The van der Waals surface area contributed by atoms with Crippen LogP contribution >= 0.6 is 0 Å². The van der Waals surface area contributed by atoms with Gasteiger partial charge in [-0.1, -0.05) is 6.07 Å². The van der Waals surface area contributed by atoms with Crippen LogP contribution in [0.3, 0.4) is 0 Å². The summed E-state index contributed by atoms with van der Waals surface area (Å²) in [5.74, 6) is 1.50. The molecule has 39 heavy (non-hydrogen) atoms. The molecule has 3 aromatic carbocycles. The number of ether oxygens (including phenoxy) is 8. The molecule has 0 spiro atoms. The summed E-state index contributed by atoms with van der Waals surface area (Å²) in [6.45, 7) is 0.0974. The summed E-state index contributed by atoms with van der Waals surface area (Å²) in [5, 5.41) is 0. The van der Waals surface area contributed by atoms with Gasteiger partial charge in [0.15, 0.2) is 40.2 Å². The normalized spacial score (nSPS) is 14.5.